The van der Waals surface area contributed by atoms with Gasteiger partial charge in [0.05, 0.1) is 6.61 Å². The molecular formula is C14H18F3NO. The first kappa shape index (κ1) is 14.3. The van der Waals surface area contributed by atoms with Crippen LogP contribution in [0.3, 0.4) is 0 Å². The monoisotopic (exact) mass is 273 g/mol. The Hall–Kier alpha value is -1.07. The lowest BCUT2D eigenvalue weighted by Gasteiger charge is -2.26. The summed E-state index contributed by atoms with van der Waals surface area (Å²) in [5.41, 5.74) is 2.60. The van der Waals surface area contributed by atoms with Crippen LogP contribution in [0.2, 0.25) is 0 Å². The van der Waals surface area contributed by atoms with E-state index in [0.29, 0.717) is 6.54 Å². The first-order chi connectivity index (χ1) is 9.06. The summed E-state index contributed by atoms with van der Waals surface area (Å²) in [6.45, 7) is -0.650. The minimum atomic E-state index is -4.24. The van der Waals surface area contributed by atoms with E-state index in [1.54, 1.807) is 0 Å². The molecular weight excluding hydrogens is 255 g/mol. The van der Waals surface area contributed by atoms with Crippen molar-refractivity contribution in [2.24, 2.45) is 0 Å². The fourth-order valence-corrected chi connectivity index (χ4v) is 2.46. The van der Waals surface area contributed by atoms with Crippen LogP contribution in [0.1, 0.15) is 30.0 Å². The maximum atomic E-state index is 11.9. The molecule has 2 nitrogen and oxygen atoms in total. The van der Waals surface area contributed by atoms with E-state index in [1.165, 1.54) is 11.1 Å². The van der Waals surface area contributed by atoms with Gasteiger partial charge in [0.25, 0.3) is 0 Å². The van der Waals surface area contributed by atoms with E-state index in [2.05, 4.69) is 22.2 Å². The number of hydrogen-bond donors (Lipinski definition) is 1. The van der Waals surface area contributed by atoms with Crippen molar-refractivity contribution in [1.82, 2.24) is 5.32 Å². The average molecular weight is 273 g/mol. The third-order valence-corrected chi connectivity index (χ3v) is 3.27. The van der Waals surface area contributed by atoms with Gasteiger partial charge in [-0.05, 0) is 30.4 Å². The molecule has 1 aromatic carbocycles. The molecule has 2 rings (SSSR count). The molecule has 0 amide bonds. The molecule has 0 saturated carbocycles. The highest BCUT2D eigenvalue weighted by atomic mass is 19.4. The highest BCUT2D eigenvalue weighted by Crippen LogP contribution is 2.29. The van der Waals surface area contributed by atoms with Crippen LogP contribution in [0, 0.1) is 0 Å². The van der Waals surface area contributed by atoms with Gasteiger partial charge in [0, 0.05) is 12.6 Å². The second-order valence-corrected chi connectivity index (χ2v) is 4.77. The highest BCUT2D eigenvalue weighted by Gasteiger charge is 2.27. The summed E-state index contributed by atoms with van der Waals surface area (Å²) in [5.74, 6) is 0. The number of aryl methyl sites for hydroxylation is 1. The maximum Gasteiger partial charge on any atom is 0.411 e. The second kappa shape index (κ2) is 6.39. The van der Waals surface area contributed by atoms with Crippen LogP contribution in [-0.4, -0.2) is 25.9 Å². The Morgan fingerprint density at radius 2 is 2.05 bits per heavy atom. The largest absolute Gasteiger partial charge is 0.411 e. The number of nitrogens with one attached hydrogen (secondary N) is 1. The molecule has 0 aliphatic heterocycles. The van der Waals surface area contributed by atoms with Gasteiger partial charge in [-0.2, -0.15) is 13.2 Å². The topological polar surface area (TPSA) is 21.3 Å². The molecule has 0 aromatic heterocycles. The summed E-state index contributed by atoms with van der Waals surface area (Å²) in [6, 6.07) is 8.46. The molecule has 1 unspecified atom stereocenters. The van der Waals surface area contributed by atoms with Crippen LogP contribution < -0.4 is 5.32 Å². The fourth-order valence-electron chi connectivity index (χ4n) is 2.46. The standard InChI is InChI=1S/C14H18F3NO/c15-14(16,17)10-19-9-8-18-13-7-3-5-11-4-1-2-6-12(11)13/h1-2,4,6,13,18H,3,5,7-10H2. The molecule has 1 aromatic rings. The third-order valence-electron chi connectivity index (χ3n) is 3.27. The van der Waals surface area contributed by atoms with Gasteiger partial charge in [0.15, 0.2) is 0 Å². The summed E-state index contributed by atoms with van der Waals surface area (Å²) >= 11 is 0. The van der Waals surface area contributed by atoms with Crippen LogP contribution in [0.25, 0.3) is 0 Å². The van der Waals surface area contributed by atoms with Crippen molar-refractivity contribution in [2.75, 3.05) is 19.8 Å². The van der Waals surface area contributed by atoms with Crippen LogP contribution >= 0.6 is 0 Å². The molecule has 0 heterocycles. The molecule has 0 bridgehead atoms. The smallest absolute Gasteiger partial charge is 0.371 e. The van der Waals surface area contributed by atoms with Crippen LogP contribution in [0.15, 0.2) is 24.3 Å². The minimum absolute atomic E-state index is 0.0815. The van der Waals surface area contributed by atoms with Gasteiger partial charge in [-0.15, -0.1) is 0 Å². The zero-order valence-electron chi connectivity index (χ0n) is 10.7. The highest BCUT2D eigenvalue weighted by molar-refractivity contribution is 5.32. The van der Waals surface area contributed by atoms with E-state index in [0.717, 1.165) is 19.3 Å². The Bertz CT molecular complexity index is 406. The zero-order chi connectivity index (χ0) is 13.7. The van der Waals surface area contributed by atoms with E-state index >= 15 is 0 Å². The maximum absolute atomic E-state index is 11.9. The lowest BCUT2D eigenvalue weighted by atomic mass is 9.88. The van der Waals surface area contributed by atoms with Crippen molar-refractivity contribution >= 4 is 0 Å². The van der Waals surface area contributed by atoms with Gasteiger partial charge in [-0.25, -0.2) is 0 Å². The lowest BCUT2D eigenvalue weighted by molar-refractivity contribution is -0.173. The van der Waals surface area contributed by atoms with Crippen molar-refractivity contribution in [3.63, 3.8) is 0 Å². The summed E-state index contributed by atoms with van der Waals surface area (Å²) in [6.07, 6.45) is -1.02. The Kier molecular flexibility index (Phi) is 4.82. The second-order valence-electron chi connectivity index (χ2n) is 4.77. The molecule has 1 aliphatic rings. The molecule has 0 spiro atoms. The van der Waals surface area contributed by atoms with Crippen molar-refractivity contribution in [1.29, 1.82) is 0 Å². The molecule has 5 heteroatoms. The van der Waals surface area contributed by atoms with Crippen molar-refractivity contribution in [3.8, 4) is 0 Å². The van der Waals surface area contributed by atoms with Gasteiger partial charge in [0.2, 0.25) is 0 Å². The number of benzene rings is 1. The van der Waals surface area contributed by atoms with Gasteiger partial charge in [-0.3, -0.25) is 0 Å². The van der Waals surface area contributed by atoms with E-state index < -0.39 is 12.8 Å². The number of hydrogen-bond acceptors (Lipinski definition) is 2. The quantitative estimate of drug-likeness (QED) is 0.832. The molecule has 1 atom stereocenters. The Morgan fingerprint density at radius 3 is 2.84 bits per heavy atom. The predicted octanol–water partition coefficient (Wildman–Crippen LogP) is 3.23. The number of halogens is 3. The molecule has 0 fully saturated rings. The summed E-state index contributed by atoms with van der Waals surface area (Å²) in [5, 5.41) is 3.27. The average Bonchev–Trinajstić information content (AvgIpc) is 2.37. The van der Waals surface area contributed by atoms with Crippen LogP contribution in [0.4, 0.5) is 13.2 Å². The number of alkyl halides is 3. The third kappa shape index (κ3) is 4.51. The summed E-state index contributed by atoms with van der Waals surface area (Å²) < 4.78 is 40.3. The SMILES string of the molecule is FC(F)(F)COCCNC1CCCc2ccccc21. The van der Waals surface area contributed by atoms with Gasteiger partial charge >= 0.3 is 6.18 Å². The first-order valence-corrected chi connectivity index (χ1v) is 6.52. The van der Waals surface area contributed by atoms with Crippen LogP contribution in [-0.2, 0) is 11.2 Å². The zero-order valence-corrected chi connectivity index (χ0v) is 10.7. The van der Waals surface area contributed by atoms with Crippen LogP contribution in [0.5, 0.6) is 0 Å². The summed E-state index contributed by atoms with van der Waals surface area (Å²) in [7, 11) is 0. The molecule has 106 valence electrons. The Morgan fingerprint density at radius 1 is 1.26 bits per heavy atom. The summed E-state index contributed by atoms with van der Waals surface area (Å²) in [4.78, 5) is 0. The fraction of sp³-hybridized carbons (Fsp3) is 0.571. The Labute approximate surface area is 111 Å². The molecule has 1 aliphatic carbocycles. The first-order valence-electron chi connectivity index (χ1n) is 6.52. The van der Waals surface area contributed by atoms with E-state index in [4.69, 9.17) is 0 Å². The van der Waals surface area contributed by atoms with Gasteiger partial charge in [0.1, 0.15) is 6.61 Å². The molecule has 0 saturated heterocycles. The normalized spacial score (nSPS) is 19.2. The number of ether oxygens (including phenoxy) is 1. The minimum Gasteiger partial charge on any atom is -0.371 e. The van der Waals surface area contributed by atoms with Crippen molar-refractivity contribution in [2.45, 2.75) is 31.5 Å². The molecule has 19 heavy (non-hydrogen) atoms. The van der Waals surface area contributed by atoms with E-state index in [1.807, 2.05) is 12.1 Å². The van der Waals surface area contributed by atoms with Crippen molar-refractivity contribution in [3.05, 3.63) is 35.4 Å². The van der Waals surface area contributed by atoms with Gasteiger partial charge in [-0.1, -0.05) is 24.3 Å². The molecule has 1 N–H and O–H groups in total. The molecule has 0 radical (unpaired) electrons. The lowest BCUT2D eigenvalue weighted by Crippen LogP contribution is -2.29. The number of fused-ring (bicyclic) bond motifs is 1. The van der Waals surface area contributed by atoms with Crippen molar-refractivity contribution < 1.29 is 17.9 Å². The predicted molar refractivity (Wildman–Crippen MR) is 67.0 cm³/mol. The Balaban J connectivity index is 1.75. The van der Waals surface area contributed by atoms with E-state index in [9.17, 15) is 13.2 Å². The van der Waals surface area contributed by atoms with Gasteiger partial charge < -0.3 is 10.1 Å². The number of rotatable bonds is 5. The van der Waals surface area contributed by atoms with E-state index in [-0.39, 0.29) is 12.6 Å².